The fourth-order valence-electron chi connectivity index (χ4n) is 3.19. The highest BCUT2D eigenvalue weighted by Crippen LogP contribution is 2.32. The third kappa shape index (κ3) is 3.80. The second-order valence-corrected chi connectivity index (χ2v) is 8.18. The van der Waals surface area contributed by atoms with E-state index in [4.69, 9.17) is 9.72 Å². The molecule has 1 saturated heterocycles. The second-order valence-electron chi connectivity index (χ2n) is 6.32. The number of rotatable bonds is 4. The molecule has 1 aliphatic rings. The van der Waals surface area contributed by atoms with Gasteiger partial charge in [-0.1, -0.05) is 23.5 Å². The van der Waals surface area contributed by atoms with Crippen molar-refractivity contribution in [1.29, 1.82) is 0 Å². The quantitative estimate of drug-likeness (QED) is 0.596. The molecule has 3 aromatic rings. The smallest absolute Gasteiger partial charge is 0.255 e. The Morgan fingerprint density at radius 3 is 2.70 bits per heavy atom. The molecule has 7 heteroatoms. The van der Waals surface area contributed by atoms with Crippen LogP contribution < -0.4 is 9.64 Å². The van der Waals surface area contributed by atoms with Crippen LogP contribution in [0.4, 0.5) is 5.13 Å². The zero-order chi connectivity index (χ0) is 18.8. The first-order valence-corrected chi connectivity index (χ1v) is 10.6. The minimum Gasteiger partial charge on any atom is -0.494 e. The molecule has 2 aromatic carbocycles. The fraction of sp³-hybridized carbons (Fsp3) is 0.300. The van der Waals surface area contributed by atoms with Gasteiger partial charge in [0.1, 0.15) is 5.75 Å². The van der Waals surface area contributed by atoms with Gasteiger partial charge in [-0.2, -0.15) is 0 Å². The number of halogens is 1. The van der Waals surface area contributed by atoms with Crippen LogP contribution in [-0.4, -0.2) is 48.6 Å². The second kappa shape index (κ2) is 7.86. The van der Waals surface area contributed by atoms with Crippen LogP contribution in [-0.2, 0) is 0 Å². The summed E-state index contributed by atoms with van der Waals surface area (Å²) in [4.78, 5) is 21.7. The average molecular weight is 446 g/mol. The lowest BCUT2D eigenvalue weighted by Gasteiger charge is -2.34. The van der Waals surface area contributed by atoms with Gasteiger partial charge in [-0.3, -0.25) is 4.79 Å². The molecule has 0 atom stereocenters. The van der Waals surface area contributed by atoms with E-state index in [2.05, 4.69) is 20.8 Å². The van der Waals surface area contributed by atoms with E-state index in [-0.39, 0.29) is 5.91 Å². The Morgan fingerprint density at radius 1 is 1.19 bits per heavy atom. The molecule has 0 radical (unpaired) electrons. The molecule has 27 heavy (non-hydrogen) atoms. The molecule has 1 aromatic heterocycles. The number of piperazine rings is 1. The summed E-state index contributed by atoms with van der Waals surface area (Å²) >= 11 is 5.15. The summed E-state index contributed by atoms with van der Waals surface area (Å²) < 4.78 is 7.55. The van der Waals surface area contributed by atoms with Gasteiger partial charge in [0.05, 0.1) is 22.4 Å². The monoisotopic (exact) mass is 445 g/mol. The average Bonchev–Trinajstić information content (AvgIpc) is 3.12. The van der Waals surface area contributed by atoms with Crippen molar-refractivity contribution in [2.45, 2.75) is 6.92 Å². The van der Waals surface area contributed by atoms with E-state index in [0.717, 1.165) is 44.2 Å². The molecule has 0 saturated carbocycles. The van der Waals surface area contributed by atoms with Crippen molar-refractivity contribution in [2.24, 2.45) is 0 Å². The maximum absolute atomic E-state index is 12.8. The molecule has 5 nitrogen and oxygen atoms in total. The summed E-state index contributed by atoms with van der Waals surface area (Å²) in [7, 11) is 0. The number of hydrogen-bond donors (Lipinski definition) is 0. The van der Waals surface area contributed by atoms with E-state index in [1.807, 2.05) is 54.3 Å². The van der Waals surface area contributed by atoms with Crippen LogP contribution in [0.25, 0.3) is 10.2 Å². The van der Waals surface area contributed by atoms with Crippen molar-refractivity contribution < 1.29 is 9.53 Å². The Hall–Kier alpha value is -2.12. The Morgan fingerprint density at radius 2 is 1.96 bits per heavy atom. The Labute approximate surface area is 170 Å². The zero-order valence-electron chi connectivity index (χ0n) is 15.0. The lowest BCUT2D eigenvalue weighted by atomic mass is 10.2. The van der Waals surface area contributed by atoms with Crippen molar-refractivity contribution in [3.8, 4) is 5.75 Å². The third-order valence-corrected chi connectivity index (χ3v) is 6.37. The van der Waals surface area contributed by atoms with Crippen LogP contribution in [0, 0.1) is 0 Å². The molecule has 0 spiro atoms. The summed E-state index contributed by atoms with van der Waals surface area (Å²) in [5, 5.41) is 1.01. The Kier molecular flexibility index (Phi) is 5.31. The van der Waals surface area contributed by atoms with Gasteiger partial charge in [0.15, 0.2) is 5.13 Å². The van der Waals surface area contributed by atoms with E-state index in [1.165, 1.54) is 0 Å². The van der Waals surface area contributed by atoms with Crippen LogP contribution in [0.15, 0.2) is 46.9 Å². The van der Waals surface area contributed by atoms with Gasteiger partial charge >= 0.3 is 0 Å². The first-order chi connectivity index (χ1) is 13.2. The number of carbonyl (C=O) groups excluding carboxylic acids is 1. The molecule has 0 N–H and O–H groups in total. The lowest BCUT2D eigenvalue weighted by molar-refractivity contribution is 0.0746. The number of nitrogens with zero attached hydrogens (tertiary/aromatic N) is 3. The van der Waals surface area contributed by atoms with E-state index in [1.54, 1.807) is 11.3 Å². The van der Waals surface area contributed by atoms with Crippen LogP contribution >= 0.6 is 27.3 Å². The van der Waals surface area contributed by atoms with Gasteiger partial charge in [-0.25, -0.2) is 4.98 Å². The van der Waals surface area contributed by atoms with Gasteiger partial charge in [0.2, 0.25) is 0 Å². The molecule has 0 bridgehead atoms. The van der Waals surface area contributed by atoms with Crippen LogP contribution in [0.1, 0.15) is 17.3 Å². The van der Waals surface area contributed by atoms with Crippen molar-refractivity contribution in [3.63, 3.8) is 0 Å². The van der Waals surface area contributed by atoms with Gasteiger partial charge < -0.3 is 14.5 Å². The van der Waals surface area contributed by atoms with Gasteiger partial charge in [0, 0.05) is 30.7 Å². The highest BCUT2D eigenvalue weighted by molar-refractivity contribution is 9.10. The summed E-state index contributed by atoms with van der Waals surface area (Å²) in [6.45, 7) is 5.60. The highest BCUT2D eigenvalue weighted by atomic mass is 79.9. The molecule has 2 heterocycles. The van der Waals surface area contributed by atoms with Gasteiger partial charge in [0.25, 0.3) is 5.91 Å². The largest absolute Gasteiger partial charge is 0.494 e. The number of carbonyl (C=O) groups is 1. The number of ether oxygens (including phenoxy) is 1. The third-order valence-electron chi connectivity index (χ3n) is 4.60. The van der Waals surface area contributed by atoms with Crippen molar-refractivity contribution in [2.75, 3.05) is 37.7 Å². The van der Waals surface area contributed by atoms with E-state index >= 15 is 0 Å². The molecule has 4 rings (SSSR count). The van der Waals surface area contributed by atoms with Crippen LogP contribution in [0.2, 0.25) is 0 Å². The number of fused-ring (bicyclic) bond motifs is 1. The molecule has 140 valence electrons. The molecular formula is C20H20BrN3O2S. The van der Waals surface area contributed by atoms with Gasteiger partial charge in [-0.15, -0.1) is 0 Å². The first kappa shape index (κ1) is 18.3. The highest BCUT2D eigenvalue weighted by Gasteiger charge is 2.24. The molecule has 1 amide bonds. The zero-order valence-corrected chi connectivity index (χ0v) is 17.4. The van der Waals surface area contributed by atoms with Crippen LogP contribution in [0.5, 0.6) is 5.75 Å². The molecule has 0 aliphatic carbocycles. The predicted molar refractivity (Wildman–Crippen MR) is 113 cm³/mol. The Bertz CT molecular complexity index is 967. The van der Waals surface area contributed by atoms with E-state index < -0.39 is 0 Å². The summed E-state index contributed by atoms with van der Waals surface area (Å²) in [5.41, 5.74) is 1.71. The summed E-state index contributed by atoms with van der Waals surface area (Å²) in [5.74, 6) is 0.955. The number of anilines is 1. The van der Waals surface area contributed by atoms with Crippen molar-refractivity contribution in [1.82, 2.24) is 9.88 Å². The number of thiazole rings is 1. The van der Waals surface area contributed by atoms with E-state index in [0.29, 0.717) is 19.7 Å². The Balaban J connectivity index is 1.45. The number of hydrogen-bond acceptors (Lipinski definition) is 5. The molecule has 1 aliphatic heterocycles. The van der Waals surface area contributed by atoms with Crippen molar-refractivity contribution in [3.05, 3.63) is 52.5 Å². The number of amides is 1. The molecular weight excluding hydrogens is 426 g/mol. The van der Waals surface area contributed by atoms with Gasteiger partial charge in [-0.05, 0) is 53.2 Å². The number of benzene rings is 2. The molecule has 1 fully saturated rings. The predicted octanol–water partition coefficient (Wildman–Crippen LogP) is 4.42. The van der Waals surface area contributed by atoms with Crippen molar-refractivity contribution >= 4 is 48.5 Å². The number of aromatic nitrogens is 1. The minimum absolute atomic E-state index is 0.0766. The SMILES string of the molecule is CCOc1ccc2nc(N3CCN(C(=O)c4ccccc4Br)CC3)sc2c1. The maximum atomic E-state index is 12.8. The normalized spacial score (nSPS) is 14.6. The summed E-state index contributed by atoms with van der Waals surface area (Å²) in [6.07, 6.45) is 0. The maximum Gasteiger partial charge on any atom is 0.255 e. The lowest BCUT2D eigenvalue weighted by Crippen LogP contribution is -2.48. The summed E-state index contributed by atoms with van der Waals surface area (Å²) in [6, 6.07) is 13.6. The molecule has 0 unspecified atom stereocenters. The fourth-order valence-corrected chi connectivity index (χ4v) is 4.69. The first-order valence-electron chi connectivity index (χ1n) is 8.98. The van der Waals surface area contributed by atoms with Crippen LogP contribution in [0.3, 0.4) is 0 Å². The minimum atomic E-state index is 0.0766. The topological polar surface area (TPSA) is 45.7 Å². The van der Waals surface area contributed by atoms with E-state index in [9.17, 15) is 4.79 Å². The standard InChI is InChI=1S/C20H20BrN3O2S/c1-2-26-14-7-8-17-18(13-14)27-20(22-17)24-11-9-23(10-12-24)19(25)15-5-3-4-6-16(15)21/h3-8,13H,2,9-12H2,1H3.